The molecule has 4 nitrogen and oxygen atoms in total. The molecule has 1 unspecified atom stereocenters. The van der Waals surface area contributed by atoms with Crippen LogP contribution in [-0.2, 0) is 10.0 Å². The zero-order valence-electron chi connectivity index (χ0n) is 10.2. The second kappa shape index (κ2) is 6.92. The summed E-state index contributed by atoms with van der Waals surface area (Å²) in [7, 11) is -3.04. The second-order valence-corrected chi connectivity index (χ2v) is 6.93. The summed E-state index contributed by atoms with van der Waals surface area (Å²) in [6, 6.07) is 0.346. The predicted molar refractivity (Wildman–Crippen MR) is 72.0 cm³/mol. The van der Waals surface area contributed by atoms with Gasteiger partial charge in [0.05, 0.1) is 5.75 Å². The van der Waals surface area contributed by atoms with E-state index in [1.165, 1.54) is 12.8 Å². The van der Waals surface area contributed by atoms with Gasteiger partial charge in [-0.05, 0) is 38.1 Å². The van der Waals surface area contributed by atoms with Crippen LogP contribution in [0.15, 0.2) is 0 Å². The van der Waals surface area contributed by atoms with Crippen LogP contribution in [0.1, 0.15) is 38.5 Å². The molecule has 2 aliphatic rings. The summed E-state index contributed by atoms with van der Waals surface area (Å²) in [5.74, 6) is 0.730. The quantitative estimate of drug-likeness (QED) is 0.798. The molecule has 1 heterocycles. The minimum absolute atomic E-state index is 0. The molecule has 1 saturated heterocycles. The fraction of sp³-hybridized carbons (Fsp3) is 1.00. The Hall–Kier alpha value is 0.160. The molecule has 102 valence electrons. The number of hydrogen-bond donors (Lipinski definition) is 2. The van der Waals surface area contributed by atoms with Crippen LogP contribution in [0.2, 0.25) is 0 Å². The van der Waals surface area contributed by atoms with Crippen molar-refractivity contribution in [3.05, 3.63) is 0 Å². The van der Waals surface area contributed by atoms with E-state index in [4.69, 9.17) is 0 Å². The smallest absolute Gasteiger partial charge is 0.211 e. The number of rotatable bonds is 5. The lowest BCUT2D eigenvalue weighted by Gasteiger charge is -2.14. The van der Waals surface area contributed by atoms with Crippen molar-refractivity contribution in [2.24, 2.45) is 5.92 Å². The molecule has 0 aromatic heterocycles. The van der Waals surface area contributed by atoms with Crippen molar-refractivity contribution in [1.29, 1.82) is 0 Å². The molecule has 17 heavy (non-hydrogen) atoms. The van der Waals surface area contributed by atoms with Crippen LogP contribution in [0.25, 0.3) is 0 Å². The number of sulfonamides is 1. The van der Waals surface area contributed by atoms with Crippen LogP contribution in [0, 0.1) is 5.92 Å². The topological polar surface area (TPSA) is 58.2 Å². The monoisotopic (exact) mass is 282 g/mol. The first-order valence-electron chi connectivity index (χ1n) is 6.36. The summed E-state index contributed by atoms with van der Waals surface area (Å²) in [4.78, 5) is 0. The number of halogens is 1. The minimum Gasteiger partial charge on any atom is -0.313 e. The lowest BCUT2D eigenvalue weighted by Crippen LogP contribution is -2.39. The molecule has 0 aromatic carbocycles. The Morgan fingerprint density at radius 2 is 1.82 bits per heavy atom. The van der Waals surface area contributed by atoms with Gasteiger partial charge in [0.25, 0.3) is 0 Å². The van der Waals surface area contributed by atoms with E-state index in [2.05, 4.69) is 10.0 Å². The third-order valence-corrected chi connectivity index (χ3v) is 5.16. The van der Waals surface area contributed by atoms with Crippen molar-refractivity contribution >= 4 is 22.4 Å². The van der Waals surface area contributed by atoms with Gasteiger partial charge in [-0.15, -0.1) is 12.4 Å². The zero-order valence-corrected chi connectivity index (χ0v) is 11.8. The average molecular weight is 283 g/mol. The normalized spacial score (nSPS) is 26.0. The van der Waals surface area contributed by atoms with E-state index in [9.17, 15) is 8.42 Å². The van der Waals surface area contributed by atoms with E-state index >= 15 is 0 Å². The molecular formula is C11H23ClN2O2S. The lowest BCUT2D eigenvalue weighted by molar-refractivity contribution is 0.531. The molecule has 1 aliphatic heterocycles. The Labute approximate surface area is 110 Å². The largest absolute Gasteiger partial charge is 0.313 e. The zero-order chi connectivity index (χ0) is 11.4. The standard InChI is InChI=1S/C11H22N2O2S.ClH/c14-16(15,9-10-4-1-2-5-10)13-8-11-6-3-7-12-11;/h10-13H,1-9H2;1H. The molecule has 1 atom stereocenters. The third kappa shape index (κ3) is 5.12. The van der Waals surface area contributed by atoms with Gasteiger partial charge in [-0.3, -0.25) is 0 Å². The van der Waals surface area contributed by atoms with Gasteiger partial charge in [0.15, 0.2) is 0 Å². The number of hydrogen-bond acceptors (Lipinski definition) is 3. The van der Waals surface area contributed by atoms with E-state index < -0.39 is 10.0 Å². The van der Waals surface area contributed by atoms with E-state index in [1.54, 1.807) is 0 Å². The van der Waals surface area contributed by atoms with Gasteiger partial charge in [-0.2, -0.15) is 0 Å². The van der Waals surface area contributed by atoms with E-state index in [-0.39, 0.29) is 12.4 Å². The summed E-state index contributed by atoms with van der Waals surface area (Å²) in [5.41, 5.74) is 0. The fourth-order valence-corrected chi connectivity index (χ4v) is 4.23. The van der Waals surface area contributed by atoms with Gasteiger partial charge in [-0.1, -0.05) is 12.8 Å². The van der Waals surface area contributed by atoms with Gasteiger partial charge >= 0.3 is 0 Å². The molecule has 1 saturated carbocycles. The first-order chi connectivity index (χ1) is 7.66. The van der Waals surface area contributed by atoms with Gasteiger partial charge in [-0.25, -0.2) is 13.1 Å². The van der Waals surface area contributed by atoms with Crippen molar-refractivity contribution in [1.82, 2.24) is 10.0 Å². The molecule has 2 fully saturated rings. The summed E-state index contributed by atoms with van der Waals surface area (Å²) in [6.07, 6.45) is 6.82. The molecular weight excluding hydrogens is 260 g/mol. The number of nitrogens with one attached hydrogen (secondary N) is 2. The molecule has 0 bridgehead atoms. The first-order valence-corrected chi connectivity index (χ1v) is 8.02. The van der Waals surface area contributed by atoms with Crippen LogP contribution in [-0.4, -0.2) is 33.3 Å². The fourth-order valence-electron chi connectivity index (χ4n) is 2.70. The molecule has 1 aliphatic carbocycles. The minimum atomic E-state index is -3.04. The van der Waals surface area contributed by atoms with Gasteiger partial charge in [0.1, 0.15) is 0 Å². The summed E-state index contributed by atoms with van der Waals surface area (Å²) in [6.45, 7) is 1.59. The lowest BCUT2D eigenvalue weighted by atomic mass is 10.1. The molecule has 2 N–H and O–H groups in total. The van der Waals surface area contributed by atoms with Gasteiger partial charge < -0.3 is 5.32 Å². The Morgan fingerprint density at radius 1 is 1.12 bits per heavy atom. The Balaban J connectivity index is 0.00000144. The van der Waals surface area contributed by atoms with E-state index in [1.807, 2.05) is 0 Å². The maximum Gasteiger partial charge on any atom is 0.211 e. The van der Waals surface area contributed by atoms with E-state index in [0.717, 1.165) is 32.2 Å². The van der Waals surface area contributed by atoms with Crippen molar-refractivity contribution in [2.45, 2.75) is 44.6 Å². The highest BCUT2D eigenvalue weighted by Gasteiger charge is 2.23. The van der Waals surface area contributed by atoms with Crippen molar-refractivity contribution in [2.75, 3.05) is 18.8 Å². The van der Waals surface area contributed by atoms with Crippen LogP contribution in [0.5, 0.6) is 0 Å². The Kier molecular flexibility index (Phi) is 6.20. The van der Waals surface area contributed by atoms with Crippen LogP contribution < -0.4 is 10.0 Å². The molecule has 0 radical (unpaired) electrons. The van der Waals surface area contributed by atoms with E-state index in [0.29, 0.717) is 24.3 Å². The summed E-state index contributed by atoms with van der Waals surface area (Å²) in [5, 5.41) is 3.30. The average Bonchev–Trinajstić information content (AvgIpc) is 2.85. The maximum atomic E-state index is 11.8. The maximum absolute atomic E-state index is 11.8. The Morgan fingerprint density at radius 3 is 2.41 bits per heavy atom. The highest BCUT2D eigenvalue weighted by atomic mass is 35.5. The SMILES string of the molecule is Cl.O=S(=O)(CC1CCCC1)NCC1CCCN1. The molecule has 2 rings (SSSR count). The second-order valence-electron chi connectivity index (χ2n) is 5.07. The van der Waals surface area contributed by atoms with Crippen LogP contribution >= 0.6 is 12.4 Å². The molecule has 6 heteroatoms. The molecule has 0 aromatic rings. The highest BCUT2D eigenvalue weighted by Crippen LogP contribution is 2.25. The van der Waals surface area contributed by atoms with Crippen molar-refractivity contribution in [3.63, 3.8) is 0 Å². The highest BCUT2D eigenvalue weighted by molar-refractivity contribution is 7.89. The molecule has 0 spiro atoms. The summed E-state index contributed by atoms with van der Waals surface area (Å²) < 4.78 is 26.3. The summed E-state index contributed by atoms with van der Waals surface area (Å²) >= 11 is 0. The van der Waals surface area contributed by atoms with Crippen LogP contribution in [0.4, 0.5) is 0 Å². The van der Waals surface area contributed by atoms with Gasteiger partial charge in [0.2, 0.25) is 10.0 Å². The first kappa shape index (κ1) is 15.2. The molecule has 0 amide bonds. The van der Waals surface area contributed by atoms with Crippen molar-refractivity contribution < 1.29 is 8.42 Å². The van der Waals surface area contributed by atoms with Crippen LogP contribution in [0.3, 0.4) is 0 Å². The van der Waals surface area contributed by atoms with Gasteiger partial charge in [0, 0.05) is 12.6 Å². The predicted octanol–water partition coefficient (Wildman–Crippen LogP) is 1.27. The third-order valence-electron chi connectivity index (χ3n) is 3.64. The van der Waals surface area contributed by atoms with Crippen molar-refractivity contribution in [3.8, 4) is 0 Å². The Bertz CT molecular complexity index is 309.